The second kappa shape index (κ2) is 6.59. The molecule has 0 spiro atoms. The van der Waals surface area contributed by atoms with E-state index in [4.69, 9.17) is 0 Å². The molecule has 0 amide bonds. The molecule has 0 aromatic rings. The van der Waals surface area contributed by atoms with Crippen molar-refractivity contribution in [3.63, 3.8) is 0 Å². The van der Waals surface area contributed by atoms with E-state index < -0.39 is 45.7 Å². The van der Waals surface area contributed by atoms with Gasteiger partial charge >= 0.3 is 80.3 Å². The van der Waals surface area contributed by atoms with E-state index in [2.05, 4.69) is 0 Å². The quantitative estimate of drug-likeness (QED) is 0.347. The van der Waals surface area contributed by atoms with Crippen molar-refractivity contribution in [1.29, 1.82) is 0 Å². The summed E-state index contributed by atoms with van der Waals surface area (Å²) in [5.41, 5.74) is 0. The van der Waals surface area contributed by atoms with Gasteiger partial charge < -0.3 is 4.55 Å². The molecule has 0 bridgehead atoms. The molecule has 22 heavy (non-hydrogen) atoms. The van der Waals surface area contributed by atoms with Crippen molar-refractivity contribution < 1.29 is 113 Å². The van der Waals surface area contributed by atoms with Crippen molar-refractivity contribution in [1.82, 2.24) is 0 Å². The van der Waals surface area contributed by atoms with Crippen LogP contribution in [0, 0.1) is 0 Å². The zero-order valence-corrected chi connectivity index (χ0v) is 13.9. The first-order valence-electron chi connectivity index (χ1n) is 4.21. The summed E-state index contributed by atoms with van der Waals surface area (Å²) in [7, 11) is -7.64. The van der Waals surface area contributed by atoms with Crippen molar-refractivity contribution in [2.75, 3.05) is 6.67 Å². The molecule has 0 aromatic carbocycles. The summed E-state index contributed by atoms with van der Waals surface area (Å²) in [4.78, 5) is 0. The molecule has 16 heteroatoms. The standard InChI is InChI=1S/C6H3F11O3S.K/c7-1-2(8,9)3(10,11)4(12,13)5(14,15)6(16,17)21(18,19)20;/h1H2,(H,18,19,20);/q;+1/p-1. The Hall–Kier alpha value is 0.776. The van der Waals surface area contributed by atoms with Gasteiger partial charge in [0.2, 0.25) is 0 Å². The molecule has 0 unspecified atom stereocenters. The Balaban J connectivity index is 0. The van der Waals surface area contributed by atoms with Crippen LogP contribution in [-0.4, -0.2) is 48.6 Å². The SMILES string of the molecule is O=S(=O)([O-])C(F)(F)C(F)(F)C(F)(F)C(F)(F)C(F)(F)CF.[K+]. The molecule has 0 heterocycles. The van der Waals surface area contributed by atoms with Gasteiger partial charge in [0.1, 0.15) is 0 Å². The maximum atomic E-state index is 12.7. The van der Waals surface area contributed by atoms with E-state index in [9.17, 15) is 61.3 Å². The fourth-order valence-corrected chi connectivity index (χ4v) is 1.29. The van der Waals surface area contributed by atoms with Crippen LogP contribution in [0.1, 0.15) is 0 Å². The third kappa shape index (κ3) is 3.42. The molecule has 0 radical (unpaired) electrons. The van der Waals surface area contributed by atoms with E-state index in [0.717, 1.165) is 0 Å². The number of rotatable bonds is 6. The normalized spacial score (nSPS) is 15.5. The summed E-state index contributed by atoms with van der Waals surface area (Å²) < 4.78 is 166. The molecule has 3 nitrogen and oxygen atoms in total. The molecule has 0 aromatic heterocycles. The van der Waals surface area contributed by atoms with Gasteiger partial charge in [-0.1, -0.05) is 0 Å². The maximum Gasteiger partial charge on any atom is 1.00 e. The zero-order chi connectivity index (χ0) is 17.7. The van der Waals surface area contributed by atoms with E-state index in [1.165, 1.54) is 0 Å². The fraction of sp³-hybridized carbons (Fsp3) is 1.00. The molecule has 0 aliphatic carbocycles. The van der Waals surface area contributed by atoms with Gasteiger partial charge in [0.15, 0.2) is 16.8 Å². The molecule has 0 N–H and O–H groups in total. The number of hydrogen-bond acceptors (Lipinski definition) is 3. The second-order valence-electron chi connectivity index (χ2n) is 3.53. The molecule has 0 atom stereocenters. The predicted molar refractivity (Wildman–Crippen MR) is 40.4 cm³/mol. The van der Waals surface area contributed by atoms with Crippen LogP contribution in [0.15, 0.2) is 0 Å². The van der Waals surface area contributed by atoms with Gasteiger partial charge in [-0.3, -0.25) is 0 Å². The van der Waals surface area contributed by atoms with Gasteiger partial charge in [-0.05, 0) is 0 Å². The minimum atomic E-state index is -7.77. The largest absolute Gasteiger partial charge is 1.00 e. The molecular formula is C6H2F11KO3S. The predicted octanol–water partition coefficient (Wildman–Crippen LogP) is -0.361. The minimum Gasteiger partial charge on any atom is -0.743 e. The number of hydrogen-bond donors (Lipinski definition) is 0. The fourth-order valence-electron chi connectivity index (χ4n) is 0.851. The van der Waals surface area contributed by atoms with Gasteiger partial charge in [-0.25, -0.2) is 12.8 Å². The first-order valence-corrected chi connectivity index (χ1v) is 5.62. The molecule has 0 aliphatic rings. The average molecular weight is 402 g/mol. The van der Waals surface area contributed by atoms with Crippen LogP contribution in [0.5, 0.6) is 0 Å². The van der Waals surface area contributed by atoms with E-state index >= 15 is 0 Å². The zero-order valence-electron chi connectivity index (χ0n) is 10.00. The van der Waals surface area contributed by atoms with E-state index in [-0.39, 0.29) is 51.4 Å². The Labute approximate surface area is 157 Å². The second-order valence-corrected chi connectivity index (χ2v) is 4.95. The van der Waals surface area contributed by atoms with Crippen LogP contribution in [0.4, 0.5) is 48.3 Å². The van der Waals surface area contributed by atoms with Crippen LogP contribution in [0.2, 0.25) is 0 Å². The van der Waals surface area contributed by atoms with Gasteiger partial charge in [-0.2, -0.15) is 43.9 Å². The van der Waals surface area contributed by atoms with Crippen molar-refractivity contribution in [3.05, 3.63) is 0 Å². The van der Waals surface area contributed by atoms with E-state index in [1.54, 1.807) is 0 Å². The topological polar surface area (TPSA) is 57.2 Å². The van der Waals surface area contributed by atoms with Crippen molar-refractivity contribution in [2.45, 2.75) is 28.9 Å². The smallest absolute Gasteiger partial charge is 0.743 e. The molecule has 0 saturated heterocycles. The molecule has 0 fully saturated rings. The third-order valence-electron chi connectivity index (χ3n) is 2.10. The summed E-state index contributed by atoms with van der Waals surface area (Å²) in [5.74, 6) is -29.5. The third-order valence-corrected chi connectivity index (χ3v) is 2.98. The Morgan fingerprint density at radius 2 is 1.05 bits per heavy atom. The van der Waals surface area contributed by atoms with Crippen LogP contribution in [-0.2, 0) is 10.1 Å². The summed E-state index contributed by atoms with van der Waals surface area (Å²) in [6.07, 6.45) is 0. The summed E-state index contributed by atoms with van der Waals surface area (Å²) in [6, 6.07) is 0. The Morgan fingerprint density at radius 1 is 0.727 bits per heavy atom. The number of alkyl halides is 11. The molecular weight excluding hydrogens is 400 g/mol. The summed E-state index contributed by atoms with van der Waals surface area (Å²) in [5, 5.41) is -7.36. The summed E-state index contributed by atoms with van der Waals surface area (Å²) in [6.45, 7) is -3.65. The van der Waals surface area contributed by atoms with Gasteiger partial charge in [-0.15, -0.1) is 0 Å². The van der Waals surface area contributed by atoms with Crippen LogP contribution < -0.4 is 51.4 Å². The monoisotopic (exact) mass is 402 g/mol. The van der Waals surface area contributed by atoms with Crippen LogP contribution in [0.25, 0.3) is 0 Å². The minimum absolute atomic E-state index is 0. The Bertz CT molecular complexity index is 502. The first kappa shape index (κ1) is 25.0. The van der Waals surface area contributed by atoms with Crippen LogP contribution in [0.3, 0.4) is 0 Å². The Morgan fingerprint density at radius 3 is 1.27 bits per heavy atom. The average Bonchev–Trinajstić information content (AvgIpc) is 2.26. The van der Waals surface area contributed by atoms with Crippen molar-refractivity contribution in [2.24, 2.45) is 0 Å². The maximum absolute atomic E-state index is 12.7. The van der Waals surface area contributed by atoms with Crippen molar-refractivity contribution >= 4 is 10.1 Å². The molecule has 128 valence electrons. The molecule has 0 rings (SSSR count). The van der Waals surface area contributed by atoms with Crippen molar-refractivity contribution in [3.8, 4) is 0 Å². The number of halogens is 11. The van der Waals surface area contributed by atoms with Gasteiger partial charge in [0.05, 0.1) is 0 Å². The molecule has 0 aliphatic heterocycles. The van der Waals surface area contributed by atoms with Crippen LogP contribution >= 0.6 is 0 Å². The van der Waals surface area contributed by atoms with E-state index in [0.29, 0.717) is 0 Å². The first-order chi connectivity index (χ1) is 8.81. The van der Waals surface area contributed by atoms with E-state index in [1.807, 2.05) is 0 Å². The molecule has 0 saturated carbocycles. The van der Waals surface area contributed by atoms with Gasteiger partial charge in [0.25, 0.3) is 0 Å². The van der Waals surface area contributed by atoms with Gasteiger partial charge in [0, 0.05) is 0 Å². The summed E-state index contributed by atoms with van der Waals surface area (Å²) >= 11 is 0. The Kier molecular flexibility index (Phi) is 7.49.